The Bertz CT molecular complexity index is 855. The molecule has 122 valence electrons. The summed E-state index contributed by atoms with van der Waals surface area (Å²) in [6.45, 7) is 4.71. The van der Waals surface area contributed by atoms with Crippen molar-refractivity contribution in [1.29, 1.82) is 0 Å². The molecule has 5 rings (SSSR count). The molecule has 1 aliphatic carbocycles. The van der Waals surface area contributed by atoms with Crippen molar-refractivity contribution < 1.29 is 9.47 Å². The maximum absolute atomic E-state index is 5.58. The Morgan fingerprint density at radius 2 is 1.92 bits per heavy atom. The van der Waals surface area contributed by atoms with E-state index < -0.39 is 0 Å². The first-order valence-corrected chi connectivity index (χ1v) is 8.64. The molecule has 0 fully saturated rings. The molecule has 2 aliphatic heterocycles. The fourth-order valence-corrected chi connectivity index (χ4v) is 4.51. The predicted octanol–water partition coefficient (Wildman–Crippen LogP) is 4.86. The minimum Gasteiger partial charge on any atom is -0.454 e. The zero-order valence-corrected chi connectivity index (χ0v) is 14.0. The van der Waals surface area contributed by atoms with E-state index in [4.69, 9.17) is 9.47 Å². The summed E-state index contributed by atoms with van der Waals surface area (Å²) in [5, 5.41) is 3.84. The van der Waals surface area contributed by atoms with Gasteiger partial charge in [-0.25, -0.2) is 0 Å². The number of rotatable bonds is 1. The summed E-state index contributed by atoms with van der Waals surface area (Å²) in [4.78, 5) is 0. The summed E-state index contributed by atoms with van der Waals surface area (Å²) in [5.41, 5.74) is 6.70. The summed E-state index contributed by atoms with van der Waals surface area (Å²) >= 11 is 0. The molecule has 0 saturated carbocycles. The van der Waals surface area contributed by atoms with Gasteiger partial charge in [0, 0.05) is 11.6 Å². The van der Waals surface area contributed by atoms with Gasteiger partial charge in [0.15, 0.2) is 11.5 Å². The maximum atomic E-state index is 5.58. The van der Waals surface area contributed by atoms with Gasteiger partial charge in [0.2, 0.25) is 6.79 Å². The van der Waals surface area contributed by atoms with Crippen LogP contribution in [-0.4, -0.2) is 6.79 Å². The number of ether oxygens (including phenoxy) is 2. The largest absolute Gasteiger partial charge is 0.454 e. The Kier molecular flexibility index (Phi) is 2.93. The zero-order chi connectivity index (χ0) is 16.3. The minimum absolute atomic E-state index is 0.299. The number of anilines is 1. The first-order chi connectivity index (χ1) is 11.7. The Balaban J connectivity index is 1.61. The highest BCUT2D eigenvalue weighted by atomic mass is 16.7. The number of allylic oxidation sites excluding steroid dienone is 2. The third-order valence-corrected chi connectivity index (χ3v) is 5.57. The van der Waals surface area contributed by atoms with Gasteiger partial charge in [-0.3, -0.25) is 0 Å². The molecular weight excluding hydrogens is 298 g/mol. The molecule has 2 aromatic rings. The molecule has 3 atom stereocenters. The fraction of sp³-hybridized carbons (Fsp3) is 0.333. The van der Waals surface area contributed by atoms with Crippen molar-refractivity contribution in [3.05, 3.63) is 64.7 Å². The lowest BCUT2D eigenvalue weighted by atomic mass is 9.76. The lowest BCUT2D eigenvalue weighted by Crippen LogP contribution is -2.29. The summed E-state index contributed by atoms with van der Waals surface area (Å²) < 4.78 is 11.0. The standard InChI is InChI=1S/C21H21NO2/c1-12-8-13(2)20-17(9-12)15-4-3-5-16(15)21(22-20)14-6-7-18-19(10-14)24-11-23-18/h3-4,6-10,15-16,21-22H,5,11H2,1-2H3/t15-,16+,21+/m1/s1. The van der Waals surface area contributed by atoms with Crippen molar-refractivity contribution in [3.8, 4) is 11.5 Å². The topological polar surface area (TPSA) is 30.5 Å². The van der Waals surface area contributed by atoms with Crippen LogP contribution in [0.15, 0.2) is 42.5 Å². The highest BCUT2D eigenvalue weighted by Crippen LogP contribution is 2.51. The quantitative estimate of drug-likeness (QED) is 0.762. The lowest BCUT2D eigenvalue weighted by Gasteiger charge is -2.38. The van der Waals surface area contributed by atoms with Crippen molar-refractivity contribution >= 4 is 5.69 Å². The summed E-state index contributed by atoms with van der Waals surface area (Å²) in [5.74, 6) is 2.76. The van der Waals surface area contributed by atoms with E-state index >= 15 is 0 Å². The van der Waals surface area contributed by atoms with Gasteiger partial charge in [-0.1, -0.05) is 35.9 Å². The SMILES string of the molecule is Cc1cc(C)c2c(c1)[C@@H]1C=CC[C@@H]1[C@H](c1ccc3c(c1)OCO3)N2. The van der Waals surface area contributed by atoms with Crippen molar-refractivity contribution in [2.75, 3.05) is 12.1 Å². The van der Waals surface area contributed by atoms with Crippen LogP contribution in [0, 0.1) is 19.8 Å². The van der Waals surface area contributed by atoms with E-state index in [2.05, 4.69) is 55.6 Å². The molecule has 0 radical (unpaired) electrons. The lowest BCUT2D eigenvalue weighted by molar-refractivity contribution is 0.174. The van der Waals surface area contributed by atoms with E-state index in [9.17, 15) is 0 Å². The molecule has 2 heterocycles. The molecule has 1 N–H and O–H groups in total. The van der Waals surface area contributed by atoms with Gasteiger partial charge in [0.05, 0.1) is 6.04 Å². The van der Waals surface area contributed by atoms with Crippen LogP contribution < -0.4 is 14.8 Å². The first kappa shape index (κ1) is 14.0. The number of benzene rings is 2. The van der Waals surface area contributed by atoms with Crippen LogP contribution in [-0.2, 0) is 0 Å². The van der Waals surface area contributed by atoms with Crippen LogP contribution in [0.2, 0.25) is 0 Å². The molecule has 0 amide bonds. The smallest absolute Gasteiger partial charge is 0.231 e. The second kappa shape index (κ2) is 5.04. The molecule has 2 aromatic carbocycles. The summed E-state index contributed by atoms with van der Waals surface area (Å²) in [7, 11) is 0. The van der Waals surface area contributed by atoms with Crippen LogP contribution in [0.25, 0.3) is 0 Å². The van der Waals surface area contributed by atoms with Crippen molar-refractivity contribution in [1.82, 2.24) is 0 Å². The number of nitrogens with one attached hydrogen (secondary N) is 1. The van der Waals surface area contributed by atoms with Gasteiger partial charge < -0.3 is 14.8 Å². The fourth-order valence-electron chi connectivity index (χ4n) is 4.51. The van der Waals surface area contributed by atoms with Crippen molar-refractivity contribution in [3.63, 3.8) is 0 Å². The van der Waals surface area contributed by atoms with Gasteiger partial charge in [-0.15, -0.1) is 0 Å². The number of aryl methyl sites for hydroxylation is 2. The van der Waals surface area contributed by atoms with Gasteiger partial charge in [0.25, 0.3) is 0 Å². The first-order valence-electron chi connectivity index (χ1n) is 8.64. The number of hydrogen-bond acceptors (Lipinski definition) is 3. The van der Waals surface area contributed by atoms with E-state index in [1.165, 1.54) is 27.9 Å². The van der Waals surface area contributed by atoms with Crippen LogP contribution in [0.4, 0.5) is 5.69 Å². The maximum Gasteiger partial charge on any atom is 0.231 e. The zero-order valence-electron chi connectivity index (χ0n) is 14.0. The molecule has 0 aromatic heterocycles. The molecule has 24 heavy (non-hydrogen) atoms. The summed E-state index contributed by atoms with van der Waals surface area (Å²) in [6.07, 6.45) is 5.84. The van der Waals surface area contributed by atoms with Crippen LogP contribution in [0.5, 0.6) is 11.5 Å². The Morgan fingerprint density at radius 1 is 1.04 bits per heavy atom. The second-order valence-corrected chi connectivity index (χ2v) is 7.13. The van der Waals surface area contributed by atoms with E-state index in [-0.39, 0.29) is 0 Å². The molecule has 3 heteroatoms. The van der Waals surface area contributed by atoms with Crippen LogP contribution >= 0.6 is 0 Å². The van der Waals surface area contributed by atoms with E-state index in [0.29, 0.717) is 24.7 Å². The highest BCUT2D eigenvalue weighted by molar-refractivity contribution is 5.65. The van der Waals surface area contributed by atoms with E-state index in [1.807, 2.05) is 6.07 Å². The Hall–Kier alpha value is -2.42. The number of hydrogen-bond donors (Lipinski definition) is 1. The molecule has 0 unspecified atom stereocenters. The highest BCUT2D eigenvalue weighted by Gasteiger charge is 2.38. The Labute approximate surface area is 142 Å². The molecule has 0 saturated heterocycles. The second-order valence-electron chi connectivity index (χ2n) is 7.13. The van der Waals surface area contributed by atoms with E-state index in [0.717, 1.165) is 17.9 Å². The van der Waals surface area contributed by atoms with Crippen molar-refractivity contribution in [2.45, 2.75) is 32.2 Å². The third-order valence-electron chi connectivity index (χ3n) is 5.57. The van der Waals surface area contributed by atoms with Crippen molar-refractivity contribution in [2.24, 2.45) is 5.92 Å². The third kappa shape index (κ3) is 1.97. The minimum atomic E-state index is 0.299. The van der Waals surface area contributed by atoms with Gasteiger partial charge in [-0.2, -0.15) is 0 Å². The van der Waals surface area contributed by atoms with Crippen LogP contribution in [0.1, 0.15) is 40.6 Å². The van der Waals surface area contributed by atoms with Gasteiger partial charge >= 0.3 is 0 Å². The molecule has 0 spiro atoms. The molecular formula is C21H21NO2. The van der Waals surface area contributed by atoms with Gasteiger partial charge in [0.1, 0.15) is 0 Å². The Morgan fingerprint density at radius 3 is 2.83 bits per heavy atom. The molecule has 3 nitrogen and oxygen atoms in total. The average Bonchev–Trinajstić information content (AvgIpc) is 3.22. The monoisotopic (exact) mass is 319 g/mol. The molecule has 0 bridgehead atoms. The predicted molar refractivity (Wildman–Crippen MR) is 94.8 cm³/mol. The average molecular weight is 319 g/mol. The van der Waals surface area contributed by atoms with Crippen LogP contribution in [0.3, 0.4) is 0 Å². The normalized spacial score (nSPS) is 26.0. The number of fused-ring (bicyclic) bond motifs is 4. The molecule has 3 aliphatic rings. The van der Waals surface area contributed by atoms with E-state index in [1.54, 1.807) is 0 Å². The summed E-state index contributed by atoms with van der Waals surface area (Å²) in [6, 6.07) is 11.3. The van der Waals surface area contributed by atoms with Gasteiger partial charge in [-0.05, 0) is 55.0 Å².